The second-order valence-electron chi connectivity index (χ2n) is 17.2. The van der Waals surface area contributed by atoms with Gasteiger partial charge in [0.15, 0.2) is 15.6 Å². The number of Topliss-reactive ketones (excluding diaryl/α,β-unsaturated/α-hetero) is 1. The fraction of sp³-hybridized carbons (Fsp3) is 0.417. The highest BCUT2D eigenvalue weighted by atomic mass is 32.2. The van der Waals surface area contributed by atoms with Gasteiger partial charge < -0.3 is 40.5 Å². The SMILES string of the molecule is Cc1c(C(=O)N2CCOc3ccc(-c4ccc(N)nc4)cc3C2)ccc(S(=O)(=O)CCCC(=O)c2cnc(N3CCN(CCOCCC(=O)N4CCN(c5ncc(CN)cn5)CC4)CC3)nc2)c1F. The molecule has 0 saturated carbocycles. The highest BCUT2D eigenvalue weighted by molar-refractivity contribution is 7.91. The van der Waals surface area contributed by atoms with Crippen LogP contribution in [0.2, 0.25) is 0 Å². The van der Waals surface area contributed by atoms with Gasteiger partial charge in [-0.25, -0.2) is 37.7 Å². The molecule has 0 spiro atoms. The number of benzene rings is 2. The van der Waals surface area contributed by atoms with Gasteiger partial charge in [0.1, 0.15) is 28.9 Å². The number of fused-ring (bicyclic) bond motifs is 1. The number of anilines is 3. The fourth-order valence-electron chi connectivity index (χ4n) is 8.49. The Morgan fingerprint density at radius 1 is 0.768 bits per heavy atom. The topological polar surface area (TPSA) is 237 Å². The Labute approximate surface area is 400 Å². The average Bonchev–Trinajstić information content (AvgIpc) is 3.59. The molecule has 6 heterocycles. The number of hydrogen-bond acceptors (Lipinski definition) is 17. The molecule has 5 aromatic rings. The standard InChI is InChI=1S/C48H57FN12O7S/c1-33-39(46(64)61-20-23-68-41-7-4-35(25-37(41)32-61)36-5-9-43(51)52-29-36)6-8-42(45(33)49)69(65,66)24-2-3-40(62)38-30-55-48(56-31-38)59-13-11-57(12-14-59)19-22-67-21-10-44(63)58-15-17-60(18-16-58)47-53-27-34(26-50)28-54-47/h4-9,25,27-31H,2-3,10-24,26,32,50H2,1H3,(H2,51,52). The summed E-state index contributed by atoms with van der Waals surface area (Å²) in [6, 6.07) is 11.7. The van der Waals surface area contributed by atoms with Crippen LogP contribution in [0.1, 0.15) is 56.7 Å². The van der Waals surface area contributed by atoms with Gasteiger partial charge in [-0.1, -0.05) is 6.07 Å². The predicted octanol–water partition coefficient (Wildman–Crippen LogP) is 3.17. The Morgan fingerprint density at radius 3 is 2.13 bits per heavy atom. The van der Waals surface area contributed by atoms with Crippen LogP contribution in [0, 0.1) is 12.7 Å². The molecule has 0 atom stereocenters. The van der Waals surface area contributed by atoms with Gasteiger partial charge >= 0.3 is 0 Å². The molecule has 2 saturated heterocycles. The van der Waals surface area contributed by atoms with E-state index in [0.29, 0.717) is 88.9 Å². The summed E-state index contributed by atoms with van der Waals surface area (Å²) in [4.78, 5) is 70.7. The number of carbonyl (C=O) groups is 3. The maximum atomic E-state index is 15.9. The number of nitrogens with two attached hydrogens (primary N) is 2. The molecule has 2 amide bonds. The number of hydrogen-bond donors (Lipinski definition) is 2. The van der Waals surface area contributed by atoms with E-state index in [1.807, 2.05) is 34.1 Å². The molecule has 364 valence electrons. The highest BCUT2D eigenvalue weighted by Crippen LogP contribution is 2.31. The number of nitrogen functional groups attached to an aromatic ring is 1. The normalized spacial score (nSPS) is 15.6. The molecule has 3 aliphatic rings. The van der Waals surface area contributed by atoms with Crippen molar-refractivity contribution in [2.75, 3.05) is 107 Å². The first-order chi connectivity index (χ1) is 33.4. The van der Waals surface area contributed by atoms with Crippen molar-refractivity contribution in [1.29, 1.82) is 0 Å². The third kappa shape index (κ3) is 12.0. The first-order valence-electron chi connectivity index (χ1n) is 23.1. The van der Waals surface area contributed by atoms with Crippen LogP contribution in [0.4, 0.5) is 22.1 Å². The van der Waals surface area contributed by atoms with E-state index in [2.05, 4.69) is 34.7 Å². The number of sulfone groups is 1. The minimum atomic E-state index is -4.15. The molecule has 0 radical (unpaired) electrons. The van der Waals surface area contributed by atoms with Crippen LogP contribution >= 0.6 is 0 Å². The average molecular weight is 965 g/mol. The number of ether oxygens (including phenoxy) is 2. The zero-order valence-corrected chi connectivity index (χ0v) is 39.5. The molecule has 0 unspecified atom stereocenters. The van der Waals surface area contributed by atoms with E-state index in [1.165, 1.54) is 25.4 Å². The van der Waals surface area contributed by atoms with E-state index in [9.17, 15) is 22.8 Å². The quantitative estimate of drug-likeness (QED) is 0.101. The van der Waals surface area contributed by atoms with Gasteiger partial charge in [-0.2, -0.15) is 0 Å². The van der Waals surface area contributed by atoms with Gasteiger partial charge in [0, 0.05) is 132 Å². The lowest BCUT2D eigenvalue weighted by Gasteiger charge is -2.35. The number of amides is 2. The van der Waals surface area contributed by atoms with Gasteiger partial charge in [-0.15, -0.1) is 0 Å². The lowest BCUT2D eigenvalue weighted by Crippen LogP contribution is -2.49. The van der Waals surface area contributed by atoms with Crippen molar-refractivity contribution in [2.45, 2.75) is 44.2 Å². The molecule has 3 aliphatic heterocycles. The monoisotopic (exact) mass is 964 g/mol. The van der Waals surface area contributed by atoms with Gasteiger partial charge in [-0.05, 0) is 60.9 Å². The summed E-state index contributed by atoms with van der Waals surface area (Å²) in [7, 11) is -4.15. The van der Waals surface area contributed by atoms with Crippen molar-refractivity contribution in [3.63, 3.8) is 0 Å². The minimum absolute atomic E-state index is 0.0469. The molecular weight excluding hydrogens is 908 g/mol. The molecule has 69 heavy (non-hydrogen) atoms. The van der Waals surface area contributed by atoms with Crippen molar-refractivity contribution in [2.24, 2.45) is 5.73 Å². The van der Waals surface area contributed by atoms with Crippen LogP contribution < -0.4 is 26.0 Å². The van der Waals surface area contributed by atoms with E-state index in [1.54, 1.807) is 29.6 Å². The molecular formula is C48H57FN12O7S. The van der Waals surface area contributed by atoms with E-state index in [4.69, 9.17) is 20.9 Å². The summed E-state index contributed by atoms with van der Waals surface area (Å²) < 4.78 is 54.4. The summed E-state index contributed by atoms with van der Waals surface area (Å²) in [6.45, 7) is 9.44. The zero-order valence-electron chi connectivity index (χ0n) is 38.6. The summed E-state index contributed by atoms with van der Waals surface area (Å²) in [6.07, 6.45) is 8.18. The molecule has 4 N–H and O–H groups in total. The van der Waals surface area contributed by atoms with Crippen molar-refractivity contribution in [3.8, 4) is 16.9 Å². The number of halogens is 1. The van der Waals surface area contributed by atoms with E-state index >= 15 is 4.39 Å². The van der Waals surface area contributed by atoms with Crippen LogP contribution in [0.3, 0.4) is 0 Å². The number of rotatable bonds is 17. The molecule has 2 fully saturated rings. The lowest BCUT2D eigenvalue weighted by atomic mass is 10.0. The van der Waals surface area contributed by atoms with Crippen LogP contribution in [0.25, 0.3) is 11.1 Å². The minimum Gasteiger partial charge on any atom is -0.491 e. The Bertz CT molecular complexity index is 2720. The second kappa shape index (κ2) is 22.2. The van der Waals surface area contributed by atoms with Gasteiger partial charge in [-0.3, -0.25) is 19.3 Å². The molecule has 2 aromatic carbocycles. The highest BCUT2D eigenvalue weighted by Gasteiger charge is 2.29. The third-order valence-electron chi connectivity index (χ3n) is 12.7. The Kier molecular flexibility index (Phi) is 15.7. The van der Waals surface area contributed by atoms with Crippen LogP contribution in [0.5, 0.6) is 5.75 Å². The van der Waals surface area contributed by atoms with Crippen molar-refractivity contribution in [3.05, 3.63) is 107 Å². The fourth-order valence-corrected chi connectivity index (χ4v) is 9.93. The predicted molar refractivity (Wildman–Crippen MR) is 256 cm³/mol. The summed E-state index contributed by atoms with van der Waals surface area (Å²) in [5.41, 5.74) is 14.9. The number of pyridine rings is 1. The number of piperazine rings is 2. The van der Waals surface area contributed by atoms with Crippen LogP contribution in [0.15, 0.2) is 78.3 Å². The number of ketones is 1. The van der Waals surface area contributed by atoms with E-state index < -0.39 is 32.2 Å². The molecule has 21 heteroatoms. The maximum absolute atomic E-state index is 15.9. The van der Waals surface area contributed by atoms with Gasteiger partial charge in [0.05, 0.1) is 37.5 Å². The third-order valence-corrected chi connectivity index (χ3v) is 14.5. The summed E-state index contributed by atoms with van der Waals surface area (Å²) >= 11 is 0. The first kappa shape index (κ1) is 48.8. The van der Waals surface area contributed by atoms with Crippen molar-refractivity contribution in [1.82, 2.24) is 39.6 Å². The van der Waals surface area contributed by atoms with E-state index in [0.717, 1.165) is 48.0 Å². The molecule has 3 aromatic heterocycles. The number of aromatic nitrogens is 5. The van der Waals surface area contributed by atoms with Crippen LogP contribution in [-0.2, 0) is 32.5 Å². The smallest absolute Gasteiger partial charge is 0.254 e. The van der Waals surface area contributed by atoms with E-state index in [-0.39, 0.29) is 60.9 Å². The Hall–Kier alpha value is -6.68. The van der Waals surface area contributed by atoms with Crippen LogP contribution in [-0.4, -0.2) is 157 Å². The van der Waals surface area contributed by atoms with Crippen molar-refractivity contribution >= 4 is 45.1 Å². The zero-order chi connectivity index (χ0) is 48.5. The van der Waals surface area contributed by atoms with Crippen molar-refractivity contribution < 1.29 is 36.7 Å². The molecule has 0 bridgehead atoms. The lowest BCUT2D eigenvalue weighted by molar-refractivity contribution is -0.132. The molecule has 0 aliphatic carbocycles. The van der Waals surface area contributed by atoms with Gasteiger partial charge in [0.2, 0.25) is 17.8 Å². The molecule has 19 nitrogen and oxygen atoms in total. The number of nitrogens with zero attached hydrogens (tertiary/aromatic N) is 10. The largest absolute Gasteiger partial charge is 0.491 e. The maximum Gasteiger partial charge on any atom is 0.254 e. The first-order valence-corrected chi connectivity index (χ1v) is 24.7. The molecule has 8 rings (SSSR count). The Morgan fingerprint density at radius 2 is 1.45 bits per heavy atom. The number of carbonyl (C=O) groups excluding carboxylic acids is 3. The second-order valence-corrected chi connectivity index (χ2v) is 19.3. The van der Waals surface area contributed by atoms with Gasteiger partial charge in [0.25, 0.3) is 5.91 Å². The Balaban J connectivity index is 0.739. The summed E-state index contributed by atoms with van der Waals surface area (Å²) in [5.74, 6) is -0.0225. The summed E-state index contributed by atoms with van der Waals surface area (Å²) in [5, 5.41) is 0.